The average Bonchev–Trinajstić information content (AvgIpc) is 3.34. The van der Waals surface area contributed by atoms with Crippen LogP contribution in [0.4, 0.5) is 0 Å². The third-order valence-corrected chi connectivity index (χ3v) is 7.27. The number of sulfone groups is 1. The number of benzene rings is 1. The number of pyridine rings is 1. The summed E-state index contributed by atoms with van der Waals surface area (Å²) in [6.07, 6.45) is 9.26. The molecule has 4 rings (SSSR count). The minimum Gasteiger partial charge on any atom is -0.343 e. The van der Waals surface area contributed by atoms with Gasteiger partial charge >= 0.3 is 0 Å². The van der Waals surface area contributed by atoms with Gasteiger partial charge in [0.15, 0.2) is 9.84 Å². The zero-order valence-corrected chi connectivity index (χ0v) is 17.6. The van der Waals surface area contributed by atoms with Crippen LogP contribution in [-0.4, -0.2) is 24.6 Å². The lowest BCUT2D eigenvalue weighted by Gasteiger charge is -2.20. The van der Waals surface area contributed by atoms with Gasteiger partial charge in [-0.25, -0.2) is 13.4 Å². The van der Waals surface area contributed by atoms with E-state index in [1.54, 1.807) is 12.1 Å². The molecule has 6 heteroatoms. The largest absolute Gasteiger partial charge is 0.343 e. The number of aromatic nitrogens is 2. The van der Waals surface area contributed by atoms with Crippen molar-refractivity contribution in [3.8, 4) is 0 Å². The monoisotopic (exact) mass is 416 g/mol. The number of nitrogens with one attached hydrogen (secondary N) is 1. The molecule has 4 nitrogen and oxygen atoms in total. The third kappa shape index (κ3) is 4.11. The number of rotatable bonds is 6. The molecule has 2 heterocycles. The van der Waals surface area contributed by atoms with Crippen LogP contribution in [-0.2, 0) is 15.7 Å². The highest BCUT2D eigenvalue weighted by Crippen LogP contribution is 2.38. The van der Waals surface area contributed by atoms with Crippen LogP contribution in [0.3, 0.4) is 0 Å². The second-order valence-corrected chi connectivity index (χ2v) is 10.2. The van der Waals surface area contributed by atoms with Crippen molar-refractivity contribution in [3.05, 3.63) is 59.4 Å². The number of aromatic amines is 1. The first-order chi connectivity index (χ1) is 13.4. The standard InChI is InChI=1S/C22H25ClN2O2S/c1-28(26,27)19-8-6-17(7-9-19)20(11-15-4-2-3-5-15)21-12-18-10-16(13-23)14-24-22(18)25-21/h6-10,12,14-15,20H,2-5,11,13H2,1H3,(H,24,25). The van der Waals surface area contributed by atoms with Gasteiger partial charge in [0.2, 0.25) is 0 Å². The molecule has 2 aromatic heterocycles. The van der Waals surface area contributed by atoms with Gasteiger partial charge in [-0.05, 0) is 47.7 Å². The normalized spacial score (nSPS) is 16.6. The average molecular weight is 417 g/mol. The molecule has 1 atom stereocenters. The van der Waals surface area contributed by atoms with E-state index in [0.717, 1.165) is 34.3 Å². The summed E-state index contributed by atoms with van der Waals surface area (Å²) in [6.45, 7) is 0. The van der Waals surface area contributed by atoms with Crippen molar-refractivity contribution in [2.75, 3.05) is 6.26 Å². The Balaban J connectivity index is 1.72. The number of fused-ring (bicyclic) bond motifs is 1. The maximum absolute atomic E-state index is 11.8. The Bertz CT molecular complexity index is 1070. The molecule has 28 heavy (non-hydrogen) atoms. The van der Waals surface area contributed by atoms with Crippen LogP contribution < -0.4 is 0 Å². The third-order valence-electron chi connectivity index (χ3n) is 5.83. The van der Waals surface area contributed by atoms with E-state index in [1.807, 2.05) is 18.3 Å². The fourth-order valence-corrected chi connectivity index (χ4v) is 5.09. The van der Waals surface area contributed by atoms with Crippen LogP contribution in [0.25, 0.3) is 11.0 Å². The Morgan fingerprint density at radius 3 is 2.54 bits per heavy atom. The summed E-state index contributed by atoms with van der Waals surface area (Å²) < 4.78 is 23.6. The summed E-state index contributed by atoms with van der Waals surface area (Å²) in [5.74, 6) is 1.35. The van der Waals surface area contributed by atoms with E-state index >= 15 is 0 Å². The van der Waals surface area contributed by atoms with Gasteiger partial charge in [0.05, 0.1) is 4.90 Å². The van der Waals surface area contributed by atoms with Crippen molar-refractivity contribution < 1.29 is 8.42 Å². The van der Waals surface area contributed by atoms with Gasteiger partial charge < -0.3 is 4.98 Å². The minimum absolute atomic E-state index is 0.199. The molecular formula is C22H25ClN2O2S. The summed E-state index contributed by atoms with van der Waals surface area (Å²) in [4.78, 5) is 8.36. The molecule has 0 saturated heterocycles. The lowest BCUT2D eigenvalue weighted by atomic mass is 9.85. The molecule has 0 amide bonds. The predicted octanol–water partition coefficient (Wildman–Crippen LogP) is 5.42. The summed E-state index contributed by atoms with van der Waals surface area (Å²) in [5, 5.41) is 1.07. The van der Waals surface area contributed by atoms with Crippen LogP contribution in [0.2, 0.25) is 0 Å². The van der Waals surface area contributed by atoms with Crippen LogP contribution in [0, 0.1) is 5.92 Å². The van der Waals surface area contributed by atoms with E-state index in [-0.39, 0.29) is 5.92 Å². The molecule has 1 N–H and O–H groups in total. The lowest BCUT2D eigenvalue weighted by molar-refractivity contribution is 0.469. The Morgan fingerprint density at radius 1 is 1.18 bits per heavy atom. The molecule has 3 aromatic rings. The van der Waals surface area contributed by atoms with Crippen LogP contribution in [0.15, 0.2) is 47.5 Å². The molecule has 0 bridgehead atoms. The first-order valence-corrected chi connectivity index (χ1v) is 12.2. The summed E-state index contributed by atoms with van der Waals surface area (Å²) in [5.41, 5.74) is 4.15. The highest BCUT2D eigenvalue weighted by Gasteiger charge is 2.24. The first kappa shape index (κ1) is 19.5. The topological polar surface area (TPSA) is 62.8 Å². The Labute approximate surface area is 171 Å². The number of nitrogens with zero attached hydrogens (tertiary/aromatic N) is 1. The molecule has 1 saturated carbocycles. The SMILES string of the molecule is CS(=O)(=O)c1ccc(C(CC2CCCC2)c2cc3cc(CCl)cnc3[nH]2)cc1. The Hall–Kier alpha value is -1.85. The van der Waals surface area contributed by atoms with Gasteiger partial charge in [0.25, 0.3) is 0 Å². The Kier molecular flexibility index (Phi) is 5.48. The van der Waals surface area contributed by atoms with Crippen molar-refractivity contribution in [3.63, 3.8) is 0 Å². The Morgan fingerprint density at radius 2 is 1.89 bits per heavy atom. The zero-order chi connectivity index (χ0) is 19.7. The second-order valence-electron chi connectivity index (χ2n) is 7.92. The van der Waals surface area contributed by atoms with E-state index in [1.165, 1.54) is 31.9 Å². The lowest BCUT2D eigenvalue weighted by Crippen LogP contribution is -2.08. The minimum atomic E-state index is -3.19. The highest BCUT2D eigenvalue weighted by molar-refractivity contribution is 7.90. The van der Waals surface area contributed by atoms with Crippen LogP contribution in [0.1, 0.15) is 54.8 Å². The van der Waals surface area contributed by atoms with E-state index in [4.69, 9.17) is 11.6 Å². The number of hydrogen-bond acceptors (Lipinski definition) is 3. The second kappa shape index (κ2) is 7.88. The molecule has 1 unspecified atom stereocenters. The summed E-state index contributed by atoms with van der Waals surface area (Å²) >= 11 is 5.96. The molecule has 0 aliphatic heterocycles. The highest BCUT2D eigenvalue weighted by atomic mass is 35.5. The first-order valence-electron chi connectivity index (χ1n) is 9.77. The molecule has 1 aromatic carbocycles. The molecular weight excluding hydrogens is 392 g/mol. The molecule has 1 aliphatic rings. The van der Waals surface area contributed by atoms with Crippen LogP contribution in [0.5, 0.6) is 0 Å². The number of H-pyrrole nitrogens is 1. The van der Waals surface area contributed by atoms with Crippen molar-refractivity contribution >= 4 is 32.5 Å². The maximum atomic E-state index is 11.8. The van der Waals surface area contributed by atoms with E-state index in [9.17, 15) is 8.42 Å². The van der Waals surface area contributed by atoms with Gasteiger partial charge in [0.1, 0.15) is 5.65 Å². The summed E-state index contributed by atoms with van der Waals surface area (Å²) in [6, 6.07) is 11.6. The van der Waals surface area contributed by atoms with Gasteiger partial charge in [0, 0.05) is 35.3 Å². The molecule has 0 spiro atoms. The van der Waals surface area contributed by atoms with Gasteiger partial charge in [-0.1, -0.05) is 37.8 Å². The quantitative estimate of drug-likeness (QED) is 0.546. The van der Waals surface area contributed by atoms with Crippen molar-refractivity contribution in [2.24, 2.45) is 5.92 Å². The van der Waals surface area contributed by atoms with Crippen LogP contribution >= 0.6 is 11.6 Å². The van der Waals surface area contributed by atoms with Gasteiger partial charge in [-0.3, -0.25) is 0 Å². The van der Waals surface area contributed by atoms with Gasteiger partial charge in [-0.2, -0.15) is 0 Å². The zero-order valence-electron chi connectivity index (χ0n) is 16.0. The fraction of sp³-hybridized carbons (Fsp3) is 0.409. The van der Waals surface area contributed by atoms with Crippen molar-refractivity contribution in [1.82, 2.24) is 9.97 Å². The van der Waals surface area contributed by atoms with Crippen molar-refractivity contribution in [2.45, 2.75) is 48.8 Å². The molecule has 0 radical (unpaired) electrons. The maximum Gasteiger partial charge on any atom is 0.175 e. The number of halogens is 1. The number of hydrogen-bond donors (Lipinski definition) is 1. The summed E-state index contributed by atoms with van der Waals surface area (Å²) in [7, 11) is -3.19. The van der Waals surface area contributed by atoms with E-state index < -0.39 is 9.84 Å². The van der Waals surface area contributed by atoms with Crippen molar-refractivity contribution in [1.29, 1.82) is 0 Å². The van der Waals surface area contributed by atoms with Gasteiger partial charge in [-0.15, -0.1) is 11.6 Å². The molecule has 1 aliphatic carbocycles. The number of alkyl halides is 1. The molecule has 148 valence electrons. The predicted molar refractivity (Wildman–Crippen MR) is 114 cm³/mol. The van der Waals surface area contributed by atoms with E-state index in [2.05, 4.69) is 22.1 Å². The fourth-order valence-electron chi connectivity index (χ4n) is 4.31. The smallest absolute Gasteiger partial charge is 0.175 e. The molecule has 1 fully saturated rings. The van der Waals surface area contributed by atoms with E-state index in [0.29, 0.717) is 16.7 Å².